The lowest BCUT2D eigenvalue weighted by atomic mass is 9.95. The monoisotopic (exact) mass is 236 g/mol. The fourth-order valence-electron chi connectivity index (χ4n) is 2.33. The number of aliphatic hydroxyl groups excluding tert-OH is 1. The lowest BCUT2D eigenvalue weighted by Crippen LogP contribution is -2.08. The van der Waals surface area contributed by atoms with Gasteiger partial charge in [-0.2, -0.15) is 0 Å². The van der Waals surface area contributed by atoms with E-state index in [1.165, 1.54) is 0 Å². The van der Waals surface area contributed by atoms with Crippen molar-refractivity contribution in [2.45, 2.75) is 25.9 Å². The third-order valence-corrected chi connectivity index (χ3v) is 3.32. The summed E-state index contributed by atoms with van der Waals surface area (Å²) in [6, 6.07) is 5.91. The average molecular weight is 236 g/mol. The van der Waals surface area contributed by atoms with Crippen LogP contribution in [0.5, 0.6) is 5.75 Å². The number of aryl methyl sites for hydroxylation is 1. The first-order valence-corrected chi connectivity index (χ1v) is 6.11. The highest BCUT2D eigenvalue weighted by Crippen LogP contribution is 2.32. The Kier molecular flexibility index (Phi) is 4.02. The molecule has 1 saturated heterocycles. The van der Waals surface area contributed by atoms with Crippen LogP contribution in [0.4, 0.5) is 0 Å². The average Bonchev–Trinajstić information content (AvgIpc) is 2.81. The third kappa shape index (κ3) is 2.99. The molecular formula is C14H20O3. The van der Waals surface area contributed by atoms with Crippen molar-refractivity contribution in [1.29, 1.82) is 0 Å². The van der Waals surface area contributed by atoms with E-state index in [-0.39, 0.29) is 0 Å². The number of rotatable bonds is 4. The normalized spacial score (nSPS) is 21.5. The molecule has 1 aliphatic rings. The molecule has 0 aromatic heterocycles. The molecule has 1 N–H and O–H groups in total. The fourth-order valence-corrected chi connectivity index (χ4v) is 2.33. The zero-order valence-corrected chi connectivity index (χ0v) is 10.5. The van der Waals surface area contributed by atoms with Crippen LogP contribution in [-0.4, -0.2) is 25.4 Å². The van der Waals surface area contributed by atoms with Gasteiger partial charge in [-0.3, -0.25) is 0 Å². The van der Waals surface area contributed by atoms with Crippen LogP contribution in [0.1, 0.15) is 30.1 Å². The maximum Gasteiger partial charge on any atom is 0.124 e. The minimum absolute atomic E-state index is 0.462. The number of ether oxygens (including phenoxy) is 2. The summed E-state index contributed by atoms with van der Waals surface area (Å²) >= 11 is 0. The number of hydrogen-bond acceptors (Lipinski definition) is 3. The Bertz CT molecular complexity index is 370. The lowest BCUT2D eigenvalue weighted by molar-refractivity contribution is 0.127. The summed E-state index contributed by atoms with van der Waals surface area (Å²) in [5, 5.41) is 10.3. The van der Waals surface area contributed by atoms with E-state index in [9.17, 15) is 5.11 Å². The van der Waals surface area contributed by atoms with Crippen molar-refractivity contribution in [2.24, 2.45) is 5.92 Å². The molecule has 1 heterocycles. The molecule has 3 nitrogen and oxygen atoms in total. The molecule has 1 aliphatic heterocycles. The van der Waals surface area contributed by atoms with E-state index in [0.29, 0.717) is 5.92 Å². The quantitative estimate of drug-likeness (QED) is 0.872. The van der Waals surface area contributed by atoms with Crippen molar-refractivity contribution >= 4 is 0 Å². The molecule has 3 heteroatoms. The molecule has 0 aliphatic carbocycles. The second kappa shape index (κ2) is 5.52. The van der Waals surface area contributed by atoms with E-state index >= 15 is 0 Å². The van der Waals surface area contributed by atoms with Gasteiger partial charge in [-0.15, -0.1) is 0 Å². The Morgan fingerprint density at radius 2 is 2.35 bits per heavy atom. The van der Waals surface area contributed by atoms with E-state index in [1.807, 2.05) is 25.1 Å². The first-order chi connectivity index (χ1) is 8.20. The van der Waals surface area contributed by atoms with Crippen molar-refractivity contribution in [3.8, 4) is 5.75 Å². The first kappa shape index (κ1) is 12.4. The molecular weight excluding hydrogens is 216 g/mol. The predicted molar refractivity (Wildman–Crippen MR) is 66.2 cm³/mol. The maximum absolute atomic E-state index is 10.3. The summed E-state index contributed by atoms with van der Waals surface area (Å²) in [5.41, 5.74) is 2.03. The van der Waals surface area contributed by atoms with E-state index < -0.39 is 6.10 Å². The SMILES string of the molecule is COc1ccc(C)cc1C(O)CC1CCOC1. The zero-order valence-electron chi connectivity index (χ0n) is 10.5. The van der Waals surface area contributed by atoms with Gasteiger partial charge in [-0.05, 0) is 37.8 Å². The van der Waals surface area contributed by atoms with Crippen molar-refractivity contribution in [2.75, 3.05) is 20.3 Å². The molecule has 0 radical (unpaired) electrons. The Balaban J connectivity index is 2.11. The van der Waals surface area contributed by atoms with Gasteiger partial charge in [0.25, 0.3) is 0 Å². The van der Waals surface area contributed by atoms with Crippen molar-refractivity contribution in [3.05, 3.63) is 29.3 Å². The van der Waals surface area contributed by atoms with Crippen LogP contribution in [0.2, 0.25) is 0 Å². The Morgan fingerprint density at radius 1 is 1.53 bits per heavy atom. The molecule has 0 saturated carbocycles. The largest absolute Gasteiger partial charge is 0.496 e. The van der Waals surface area contributed by atoms with Crippen LogP contribution < -0.4 is 4.74 Å². The van der Waals surface area contributed by atoms with Gasteiger partial charge >= 0.3 is 0 Å². The van der Waals surface area contributed by atoms with E-state index in [4.69, 9.17) is 9.47 Å². The molecule has 2 atom stereocenters. The van der Waals surface area contributed by atoms with E-state index in [0.717, 1.165) is 42.9 Å². The van der Waals surface area contributed by atoms with Gasteiger partial charge in [0.05, 0.1) is 13.2 Å². The highest BCUT2D eigenvalue weighted by Gasteiger charge is 2.22. The van der Waals surface area contributed by atoms with E-state index in [1.54, 1.807) is 7.11 Å². The van der Waals surface area contributed by atoms with Crippen LogP contribution in [-0.2, 0) is 4.74 Å². The minimum atomic E-state index is -0.462. The standard InChI is InChI=1S/C14H20O3/c1-10-3-4-14(16-2)12(7-10)13(15)8-11-5-6-17-9-11/h3-4,7,11,13,15H,5-6,8-9H2,1-2H3. The Hall–Kier alpha value is -1.06. The van der Waals surface area contributed by atoms with Crippen LogP contribution in [0.25, 0.3) is 0 Å². The van der Waals surface area contributed by atoms with Crippen LogP contribution in [0, 0.1) is 12.8 Å². The van der Waals surface area contributed by atoms with E-state index in [2.05, 4.69) is 0 Å². The topological polar surface area (TPSA) is 38.7 Å². The van der Waals surface area contributed by atoms with Crippen molar-refractivity contribution < 1.29 is 14.6 Å². The summed E-state index contributed by atoms with van der Waals surface area (Å²) in [4.78, 5) is 0. The van der Waals surface area contributed by atoms with Crippen molar-refractivity contribution in [1.82, 2.24) is 0 Å². The third-order valence-electron chi connectivity index (χ3n) is 3.32. The second-order valence-electron chi connectivity index (χ2n) is 4.73. The van der Waals surface area contributed by atoms with Gasteiger partial charge in [0.15, 0.2) is 0 Å². The highest BCUT2D eigenvalue weighted by molar-refractivity contribution is 5.38. The van der Waals surface area contributed by atoms with Gasteiger partial charge in [-0.25, -0.2) is 0 Å². The van der Waals surface area contributed by atoms with Crippen LogP contribution >= 0.6 is 0 Å². The molecule has 1 fully saturated rings. The van der Waals surface area contributed by atoms with Gasteiger partial charge in [0.2, 0.25) is 0 Å². The number of aliphatic hydroxyl groups is 1. The zero-order chi connectivity index (χ0) is 12.3. The molecule has 0 amide bonds. The summed E-state index contributed by atoms with van der Waals surface area (Å²) in [6.45, 7) is 3.61. The van der Waals surface area contributed by atoms with Gasteiger partial charge < -0.3 is 14.6 Å². The minimum Gasteiger partial charge on any atom is -0.496 e. The number of hydrogen-bond donors (Lipinski definition) is 1. The smallest absolute Gasteiger partial charge is 0.124 e. The number of methoxy groups -OCH3 is 1. The van der Waals surface area contributed by atoms with Gasteiger partial charge in [0, 0.05) is 18.8 Å². The first-order valence-electron chi connectivity index (χ1n) is 6.11. The molecule has 1 aromatic carbocycles. The van der Waals surface area contributed by atoms with Gasteiger partial charge in [-0.1, -0.05) is 11.6 Å². The fraction of sp³-hybridized carbons (Fsp3) is 0.571. The lowest BCUT2D eigenvalue weighted by Gasteiger charge is -2.18. The van der Waals surface area contributed by atoms with Crippen molar-refractivity contribution in [3.63, 3.8) is 0 Å². The number of benzene rings is 1. The molecule has 17 heavy (non-hydrogen) atoms. The molecule has 2 unspecified atom stereocenters. The van der Waals surface area contributed by atoms with Crippen LogP contribution in [0.3, 0.4) is 0 Å². The molecule has 2 rings (SSSR count). The van der Waals surface area contributed by atoms with Crippen LogP contribution in [0.15, 0.2) is 18.2 Å². The second-order valence-corrected chi connectivity index (χ2v) is 4.73. The highest BCUT2D eigenvalue weighted by atomic mass is 16.5. The summed E-state index contributed by atoms with van der Waals surface area (Å²) < 4.78 is 10.6. The Labute approximate surface area is 102 Å². The Morgan fingerprint density at radius 3 is 3.00 bits per heavy atom. The maximum atomic E-state index is 10.3. The molecule has 1 aromatic rings. The predicted octanol–water partition coefficient (Wildman–Crippen LogP) is 2.46. The summed E-state index contributed by atoms with van der Waals surface area (Å²) in [5.74, 6) is 1.23. The molecule has 94 valence electrons. The summed E-state index contributed by atoms with van der Waals surface area (Å²) in [7, 11) is 1.64. The molecule has 0 bridgehead atoms. The van der Waals surface area contributed by atoms with Gasteiger partial charge in [0.1, 0.15) is 5.75 Å². The summed E-state index contributed by atoms with van der Waals surface area (Å²) in [6.07, 6.45) is 1.34. The molecule has 0 spiro atoms.